The van der Waals surface area contributed by atoms with Gasteiger partial charge in [0.05, 0.1) is 6.04 Å². The van der Waals surface area contributed by atoms with Gasteiger partial charge >= 0.3 is 6.09 Å². The van der Waals surface area contributed by atoms with Gasteiger partial charge in [-0.2, -0.15) is 0 Å². The SMILES string of the molecule is CC(N[S@@+]([O-])C(C)(C)C)C12CC(NC(=O)O)(C1)C2. The maximum absolute atomic E-state index is 12.0. The Balaban J connectivity index is 1.84. The molecule has 0 aromatic carbocycles. The Morgan fingerprint density at radius 2 is 1.89 bits per heavy atom. The number of hydrogen-bond donors (Lipinski definition) is 3. The van der Waals surface area contributed by atoms with E-state index in [0.717, 1.165) is 19.3 Å². The number of carboxylic acid groups (broad SMARTS) is 1. The molecule has 3 aliphatic rings. The molecule has 0 heterocycles. The zero-order valence-corrected chi connectivity index (χ0v) is 12.2. The lowest BCUT2D eigenvalue weighted by Gasteiger charge is -2.72. The van der Waals surface area contributed by atoms with Crippen molar-refractivity contribution in [1.82, 2.24) is 10.0 Å². The van der Waals surface area contributed by atoms with Gasteiger partial charge in [0, 0.05) is 16.9 Å². The molecule has 3 N–H and O–H groups in total. The number of amides is 1. The summed E-state index contributed by atoms with van der Waals surface area (Å²) in [5.74, 6) is 0. The lowest BCUT2D eigenvalue weighted by atomic mass is 9.37. The van der Waals surface area contributed by atoms with Crippen molar-refractivity contribution in [3.8, 4) is 0 Å². The number of carbonyl (C=O) groups is 1. The molecule has 0 aromatic rings. The molecule has 5 nitrogen and oxygen atoms in total. The smallest absolute Gasteiger partial charge is 0.405 e. The maximum atomic E-state index is 12.0. The highest BCUT2D eigenvalue weighted by Crippen LogP contribution is 2.68. The molecule has 0 radical (unpaired) electrons. The fourth-order valence-corrected chi connectivity index (χ4v) is 4.07. The van der Waals surface area contributed by atoms with E-state index in [2.05, 4.69) is 10.0 Å². The molecule has 0 aromatic heterocycles. The number of hydrogen-bond acceptors (Lipinski definition) is 3. The van der Waals surface area contributed by atoms with Crippen LogP contribution in [0.3, 0.4) is 0 Å². The van der Waals surface area contributed by atoms with Gasteiger partial charge in [-0.25, -0.2) is 4.79 Å². The third-order valence-corrected chi connectivity index (χ3v) is 5.88. The Hall–Kier alpha value is -0.460. The summed E-state index contributed by atoms with van der Waals surface area (Å²) in [6.45, 7) is 7.88. The second kappa shape index (κ2) is 4.02. The van der Waals surface area contributed by atoms with Gasteiger partial charge in [0.1, 0.15) is 4.75 Å². The van der Waals surface area contributed by atoms with E-state index in [1.807, 2.05) is 27.7 Å². The minimum atomic E-state index is -1.07. The highest BCUT2D eigenvalue weighted by atomic mass is 32.2. The van der Waals surface area contributed by atoms with Gasteiger partial charge in [-0.3, -0.25) is 0 Å². The first-order valence-corrected chi connectivity index (χ1v) is 7.43. The van der Waals surface area contributed by atoms with E-state index in [4.69, 9.17) is 5.11 Å². The quantitative estimate of drug-likeness (QED) is 0.680. The van der Waals surface area contributed by atoms with E-state index in [-0.39, 0.29) is 21.7 Å². The molecule has 0 spiro atoms. The number of nitrogens with one attached hydrogen (secondary N) is 2. The highest BCUT2D eigenvalue weighted by Gasteiger charge is 2.71. The van der Waals surface area contributed by atoms with Crippen LogP contribution >= 0.6 is 0 Å². The zero-order chi connectivity index (χ0) is 13.8. The molecule has 0 aliphatic heterocycles. The van der Waals surface area contributed by atoms with E-state index >= 15 is 0 Å². The van der Waals surface area contributed by atoms with Crippen LogP contribution in [0.25, 0.3) is 0 Å². The largest absolute Gasteiger partial charge is 0.598 e. The van der Waals surface area contributed by atoms with Gasteiger partial charge in [-0.1, -0.05) is 0 Å². The Labute approximate surface area is 111 Å². The standard InChI is InChI=1S/C12H22N2O3S/c1-8(14-18(17)10(2,3)4)11-5-12(6-11,7-11)13-9(15)16/h8,13-14H,5-7H2,1-4H3,(H,15,16)/t8?,11?,12?,18-/m0/s1. The lowest BCUT2D eigenvalue weighted by molar-refractivity contribution is -0.163. The first-order valence-electron chi connectivity index (χ1n) is 6.28. The van der Waals surface area contributed by atoms with Crippen molar-refractivity contribution >= 4 is 17.5 Å². The fourth-order valence-electron chi connectivity index (χ4n) is 3.15. The van der Waals surface area contributed by atoms with Crippen molar-refractivity contribution < 1.29 is 14.5 Å². The van der Waals surface area contributed by atoms with Gasteiger partial charge in [-0.05, 0) is 52.4 Å². The Morgan fingerprint density at radius 3 is 2.28 bits per heavy atom. The second-order valence-corrected chi connectivity index (χ2v) is 8.82. The van der Waals surface area contributed by atoms with E-state index in [0.29, 0.717) is 0 Å². The van der Waals surface area contributed by atoms with E-state index in [1.54, 1.807) is 0 Å². The molecular weight excluding hydrogens is 252 g/mol. The summed E-state index contributed by atoms with van der Waals surface area (Å²) < 4.78 is 14.9. The average Bonchev–Trinajstić information content (AvgIpc) is 2.06. The first-order chi connectivity index (χ1) is 8.09. The third-order valence-electron chi connectivity index (χ3n) is 4.20. The van der Waals surface area contributed by atoms with Crippen LogP contribution in [-0.4, -0.2) is 32.1 Å². The molecule has 104 valence electrons. The Bertz CT molecular complexity index is 347. The van der Waals surface area contributed by atoms with Crippen LogP contribution in [0.2, 0.25) is 0 Å². The predicted molar refractivity (Wildman–Crippen MR) is 70.7 cm³/mol. The Morgan fingerprint density at radius 1 is 1.39 bits per heavy atom. The van der Waals surface area contributed by atoms with Crippen molar-refractivity contribution in [3.05, 3.63) is 0 Å². The van der Waals surface area contributed by atoms with Crippen molar-refractivity contribution in [2.75, 3.05) is 0 Å². The van der Waals surface area contributed by atoms with Crippen LogP contribution < -0.4 is 10.0 Å². The van der Waals surface area contributed by atoms with Crippen LogP contribution in [0.4, 0.5) is 4.79 Å². The summed E-state index contributed by atoms with van der Waals surface area (Å²) in [7, 11) is 0. The summed E-state index contributed by atoms with van der Waals surface area (Å²) in [6.07, 6.45) is 1.65. The summed E-state index contributed by atoms with van der Waals surface area (Å²) in [6, 6.07) is 0.162. The van der Waals surface area contributed by atoms with Gasteiger partial charge in [0.2, 0.25) is 0 Å². The summed E-state index contributed by atoms with van der Waals surface area (Å²) in [5.41, 5.74) is -0.0473. The number of rotatable bonds is 4. The van der Waals surface area contributed by atoms with Crippen LogP contribution in [0, 0.1) is 5.41 Å². The molecule has 1 amide bonds. The summed E-state index contributed by atoms with van der Waals surface area (Å²) in [4.78, 5) is 10.6. The monoisotopic (exact) mass is 274 g/mol. The minimum absolute atomic E-state index is 0.142. The zero-order valence-electron chi connectivity index (χ0n) is 11.4. The van der Waals surface area contributed by atoms with Crippen molar-refractivity contribution in [2.24, 2.45) is 5.41 Å². The van der Waals surface area contributed by atoms with Crippen molar-refractivity contribution in [2.45, 2.75) is 63.3 Å². The topological polar surface area (TPSA) is 84.4 Å². The molecule has 2 atom stereocenters. The van der Waals surface area contributed by atoms with Crippen LogP contribution in [0.1, 0.15) is 47.0 Å². The molecule has 18 heavy (non-hydrogen) atoms. The normalized spacial score (nSPS) is 37.2. The molecule has 3 rings (SSSR count). The molecule has 3 saturated carbocycles. The molecule has 2 bridgehead atoms. The van der Waals surface area contributed by atoms with Crippen LogP contribution in [-0.2, 0) is 11.4 Å². The summed E-state index contributed by atoms with van der Waals surface area (Å²) >= 11 is -1.07. The van der Waals surface area contributed by atoms with Gasteiger partial charge < -0.3 is 15.0 Å². The van der Waals surface area contributed by atoms with Crippen LogP contribution in [0.5, 0.6) is 0 Å². The predicted octanol–water partition coefficient (Wildman–Crippen LogP) is 1.62. The fraction of sp³-hybridized carbons (Fsp3) is 0.917. The highest BCUT2D eigenvalue weighted by molar-refractivity contribution is 7.90. The maximum Gasteiger partial charge on any atom is 0.405 e. The second-order valence-electron chi connectivity index (χ2n) is 6.82. The lowest BCUT2D eigenvalue weighted by Crippen LogP contribution is -2.79. The summed E-state index contributed by atoms with van der Waals surface area (Å²) in [5, 5.41) is 11.3. The van der Waals surface area contributed by atoms with E-state index in [1.165, 1.54) is 0 Å². The van der Waals surface area contributed by atoms with Crippen molar-refractivity contribution in [1.29, 1.82) is 0 Å². The molecular formula is C12H22N2O3S. The van der Waals surface area contributed by atoms with Gasteiger partial charge in [0.25, 0.3) is 0 Å². The molecule has 1 unspecified atom stereocenters. The molecule has 0 saturated heterocycles. The van der Waals surface area contributed by atoms with Crippen LogP contribution in [0.15, 0.2) is 0 Å². The van der Waals surface area contributed by atoms with Gasteiger partial charge in [-0.15, -0.1) is 4.72 Å². The molecule has 3 aliphatic carbocycles. The van der Waals surface area contributed by atoms with E-state index in [9.17, 15) is 9.35 Å². The minimum Gasteiger partial charge on any atom is -0.598 e. The molecule has 3 fully saturated rings. The van der Waals surface area contributed by atoms with Gasteiger partial charge in [0.15, 0.2) is 0 Å². The first kappa shape index (κ1) is 14.0. The third kappa shape index (κ3) is 2.21. The van der Waals surface area contributed by atoms with Crippen molar-refractivity contribution in [3.63, 3.8) is 0 Å². The Kier molecular flexibility index (Phi) is 3.11. The average molecular weight is 274 g/mol. The van der Waals surface area contributed by atoms with E-state index < -0.39 is 17.5 Å². The molecule has 6 heteroatoms.